The van der Waals surface area contributed by atoms with Crippen molar-refractivity contribution in [2.75, 3.05) is 0 Å². The number of aryl methyl sites for hydroxylation is 1. The minimum atomic E-state index is -0.771. The molecule has 0 bridgehead atoms. The smallest absolute Gasteiger partial charge is 0.408 e. The molecule has 1 fully saturated rings. The van der Waals surface area contributed by atoms with Gasteiger partial charge in [0.1, 0.15) is 17.0 Å². The van der Waals surface area contributed by atoms with Crippen LogP contribution in [0.25, 0.3) is 0 Å². The van der Waals surface area contributed by atoms with E-state index in [1.807, 2.05) is 30.3 Å². The van der Waals surface area contributed by atoms with Crippen LogP contribution in [-0.4, -0.2) is 20.8 Å². The predicted molar refractivity (Wildman–Crippen MR) is 153 cm³/mol. The number of ether oxygens (including phenoxy) is 2. The first-order valence-electron chi connectivity index (χ1n) is 14.3. The standard InChI is InChI=1S/C32H38FN3O5/c1-21-12-11-15-24(33)23(21)18-35-26-20-40-32(16-9-6-10-17-32)27(26)28(37)36(30(35)39)19-25(22-13-7-5-8-14-22)34-29(38)41-31(2,3)4/h5,7-8,11-15,25H,6,9-10,16-20H2,1-4H3,(H,34,38)/t25-/m0/s1. The largest absolute Gasteiger partial charge is 0.444 e. The second kappa shape index (κ2) is 11.3. The molecule has 0 unspecified atom stereocenters. The van der Waals surface area contributed by atoms with Crippen LogP contribution in [0.5, 0.6) is 0 Å². The van der Waals surface area contributed by atoms with E-state index in [0.29, 0.717) is 40.8 Å². The van der Waals surface area contributed by atoms with E-state index < -0.39 is 40.4 Å². The van der Waals surface area contributed by atoms with Crippen LogP contribution in [0.15, 0.2) is 58.1 Å². The lowest BCUT2D eigenvalue weighted by Crippen LogP contribution is -2.48. The van der Waals surface area contributed by atoms with E-state index in [0.717, 1.165) is 19.3 Å². The molecule has 9 heteroatoms. The number of hydrogen-bond donors (Lipinski definition) is 1. The Morgan fingerprint density at radius 1 is 1.05 bits per heavy atom. The van der Waals surface area contributed by atoms with E-state index in [1.54, 1.807) is 39.8 Å². The Bertz CT molecular complexity index is 1530. The van der Waals surface area contributed by atoms with E-state index in [2.05, 4.69) is 5.32 Å². The maximum atomic E-state index is 15.0. The average molecular weight is 564 g/mol. The van der Waals surface area contributed by atoms with Crippen molar-refractivity contribution in [2.45, 2.75) is 96.7 Å². The second-order valence-corrected chi connectivity index (χ2v) is 12.1. The van der Waals surface area contributed by atoms with Crippen LogP contribution in [0.1, 0.15) is 86.9 Å². The number of carbonyl (C=O) groups excluding carboxylic acids is 1. The SMILES string of the molecule is Cc1cccc(F)c1Cn1c2c(c(=O)n(C[C@H](NC(=O)OC(C)(C)C)c3ccccc3)c1=O)C1(CCCCC1)OC2. The summed E-state index contributed by atoms with van der Waals surface area (Å²) >= 11 is 0. The van der Waals surface area contributed by atoms with Gasteiger partial charge in [-0.3, -0.25) is 13.9 Å². The Morgan fingerprint density at radius 2 is 1.76 bits per heavy atom. The number of nitrogens with zero attached hydrogens (tertiary/aromatic N) is 2. The van der Waals surface area contributed by atoms with Gasteiger partial charge in [-0.15, -0.1) is 0 Å². The fraction of sp³-hybridized carbons (Fsp3) is 0.469. The number of nitrogens with one attached hydrogen (secondary N) is 1. The van der Waals surface area contributed by atoms with Crippen LogP contribution in [0.2, 0.25) is 0 Å². The minimum Gasteiger partial charge on any atom is -0.444 e. The molecule has 1 atom stereocenters. The Balaban J connectivity index is 1.65. The summed E-state index contributed by atoms with van der Waals surface area (Å²) < 4.78 is 29.5. The van der Waals surface area contributed by atoms with Crippen LogP contribution in [0.4, 0.5) is 9.18 Å². The molecule has 2 aliphatic rings. The lowest BCUT2D eigenvalue weighted by Gasteiger charge is -2.33. The zero-order chi connectivity index (χ0) is 29.4. The molecule has 41 heavy (non-hydrogen) atoms. The van der Waals surface area contributed by atoms with Crippen molar-refractivity contribution in [3.05, 3.63) is 103 Å². The molecule has 3 aromatic rings. The number of amides is 1. The zero-order valence-corrected chi connectivity index (χ0v) is 24.2. The molecule has 1 aliphatic carbocycles. The van der Waals surface area contributed by atoms with Gasteiger partial charge in [-0.05, 0) is 57.7 Å². The van der Waals surface area contributed by atoms with Crippen LogP contribution in [0, 0.1) is 12.7 Å². The minimum absolute atomic E-state index is 0.0328. The number of halogens is 1. The summed E-state index contributed by atoms with van der Waals surface area (Å²) in [5, 5.41) is 2.86. The van der Waals surface area contributed by atoms with Gasteiger partial charge < -0.3 is 14.8 Å². The Morgan fingerprint density at radius 3 is 2.41 bits per heavy atom. The summed E-state index contributed by atoms with van der Waals surface area (Å²) in [7, 11) is 0. The first-order chi connectivity index (χ1) is 19.5. The van der Waals surface area contributed by atoms with Crippen LogP contribution >= 0.6 is 0 Å². The fourth-order valence-corrected chi connectivity index (χ4v) is 6.05. The topological polar surface area (TPSA) is 91.6 Å². The number of benzene rings is 2. The highest BCUT2D eigenvalue weighted by atomic mass is 19.1. The summed E-state index contributed by atoms with van der Waals surface area (Å²) in [4.78, 5) is 41.2. The van der Waals surface area contributed by atoms with Crippen molar-refractivity contribution in [3.63, 3.8) is 0 Å². The van der Waals surface area contributed by atoms with Crippen LogP contribution in [-0.2, 0) is 34.8 Å². The zero-order valence-electron chi connectivity index (χ0n) is 24.2. The van der Waals surface area contributed by atoms with Crippen LogP contribution in [0.3, 0.4) is 0 Å². The third kappa shape index (κ3) is 5.86. The first-order valence-corrected chi connectivity index (χ1v) is 14.3. The fourth-order valence-electron chi connectivity index (χ4n) is 6.05. The second-order valence-electron chi connectivity index (χ2n) is 12.1. The van der Waals surface area contributed by atoms with Crippen LogP contribution < -0.4 is 16.6 Å². The van der Waals surface area contributed by atoms with Crippen molar-refractivity contribution in [1.82, 2.24) is 14.5 Å². The molecule has 2 heterocycles. The summed E-state index contributed by atoms with van der Waals surface area (Å²) in [6.45, 7) is 7.06. The highest BCUT2D eigenvalue weighted by molar-refractivity contribution is 5.68. The first kappa shape index (κ1) is 28.8. The number of rotatable bonds is 6. The molecule has 1 amide bonds. The molecule has 0 saturated heterocycles. The quantitative estimate of drug-likeness (QED) is 0.430. The lowest BCUT2D eigenvalue weighted by atomic mass is 9.80. The van der Waals surface area contributed by atoms with Crippen molar-refractivity contribution >= 4 is 6.09 Å². The van der Waals surface area contributed by atoms with Crippen molar-refractivity contribution in [1.29, 1.82) is 0 Å². The number of hydrogen-bond acceptors (Lipinski definition) is 5. The Kier molecular flexibility index (Phi) is 7.92. The number of alkyl carbamates (subject to hydrolysis) is 1. The van der Waals surface area contributed by atoms with Gasteiger partial charge >= 0.3 is 11.8 Å². The number of aromatic nitrogens is 2. The van der Waals surface area contributed by atoms with Gasteiger partial charge in [-0.2, -0.15) is 0 Å². The molecule has 0 radical (unpaired) electrons. The third-order valence-corrected chi connectivity index (χ3v) is 8.06. The van der Waals surface area contributed by atoms with E-state index in [9.17, 15) is 18.8 Å². The maximum Gasteiger partial charge on any atom is 0.408 e. The summed E-state index contributed by atoms with van der Waals surface area (Å²) in [6.07, 6.45) is 3.59. The molecule has 218 valence electrons. The predicted octanol–water partition coefficient (Wildman–Crippen LogP) is 5.46. The van der Waals surface area contributed by atoms with Gasteiger partial charge in [0.05, 0.1) is 37.0 Å². The third-order valence-electron chi connectivity index (χ3n) is 8.06. The maximum absolute atomic E-state index is 15.0. The van der Waals surface area contributed by atoms with Gasteiger partial charge in [0.15, 0.2) is 0 Å². The number of fused-ring (bicyclic) bond motifs is 2. The molecular weight excluding hydrogens is 525 g/mol. The van der Waals surface area contributed by atoms with E-state index in [-0.39, 0.29) is 19.7 Å². The molecule has 2 aromatic carbocycles. The monoisotopic (exact) mass is 563 g/mol. The highest BCUT2D eigenvalue weighted by Gasteiger charge is 2.46. The van der Waals surface area contributed by atoms with Gasteiger partial charge in [0.2, 0.25) is 0 Å². The van der Waals surface area contributed by atoms with Gasteiger partial charge in [0, 0.05) is 5.56 Å². The Labute approximate surface area is 239 Å². The summed E-state index contributed by atoms with van der Waals surface area (Å²) in [6, 6.07) is 13.2. The highest BCUT2D eigenvalue weighted by Crippen LogP contribution is 2.45. The van der Waals surface area contributed by atoms with Gasteiger partial charge in [-0.25, -0.2) is 14.0 Å². The van der Waals surface area contributed by atoms with Gasteiger partial charge in [0.25, 0.3) is 5.56 Å². The van der Waals surface area contributed by atoms with E-state index in [1.165, 1.54) is 15.2 Å². The molecule has 1 aromatic heterocycles. The molecular formula is C32H38FN3O5. The molecule has 8 nitrogen and oxygen atoms in total. The van der Waals surface area contributed by atoms with Crippen molar-refractivity contribution in [2.24, 2.45) is 0 Å². The molecule has 5 rings (SSSR count). The van der Waals surface area contributed by atoms with E-state index >= 15 is 0 Å². The normalized spacial score (nSPS) is 16.8. The lowest BCUT2D eigenvalue weighted by molar-refractivity contribution is -0.0650. The summed E-state index contributed by atoms with van der Waals surface area (Å²) in [5.74, 6) is -0.413. The molecule has 1 aliphatic heterocycles. The molecule has 1 N–H and O–H groups in total. The van der Waals surface area contributed by atoms with Crippen molar-refractivity contribution < 1.29 is 18.7 Å². The van der Waals surface area contributed by atoms with Crippen molar-refractivity contribution in [3.8, 4) is 0 Å². The number of carbonyl (C=O) groups is 1. The van der Waals surface area contributed by atoms with Gasteiger partial charge in [-0.1, -0.05) is 61.7 Å². The molecule has 1 saturated carbocycles. The average Bonchev–Trinajstić information content (AvgIpc) is 3.27. The Hall–Kier alpha value is -3.72. The molecule has 1 spiro atoms. The van der Waals surface area contributed by atoms with E-state index in [4.69, 9.17) is 9.47 Å². The summed E-state index contributed by atoms with van der Waals surface area (Å²) in [5.41, 5.74) is 0.314.